The molecule has 0 radical (unpaired) electrons. The maximum absolute atomic E-state index is 8.83. The van der Waals surface area contributed by atoms with Crippen LogP contribution in [0.25, 0.3) is 0 Å². The van der Waals surface area contributed by atoms with Crippen LogP contribution in [0.1, 0.15) is 50.7 Å². The third kappa shape index (κ3) is 3.85. The van der Waals surface area contributed by atoms with Gasteiger partial charge in [-0.15, -0.1) is 0 Å². The second-order valence-electron chi connectivity index (χ2n) is 5.73. The summed E-state index contributed by atoms with van der Waals surface area (Å²) >= 11 is 0. The van der Waals surface area contributed by atoms with Crippen molar-refractivity contribution in [3.05, 3.63) is 35.4 Å². The van der Waals surface area contributed by atoms with Crippen LogP contribution in [0, 0.1) is 11.8 Å². The number of aliphatic hydroxyl groups excluding tert-OH is 1. The molecule has 2 rings (SSSR count). The molecule has 108 valence electrons. The van der Waals surface area contributed by atoms with Gasteiger partial charge in [-0.1, -0.05) is 36.5 Å². The summed E-state index contributed by atoms with van der Waals surface area (Å²) in [7, 11) is 0. The summed E-state index contributed by atoms with van der Waals surface area (Å²) in [6.45, 7) is 5.77. The minimum Gasteiger partial charge on any atom is -0.395 e. The Balaban J connectivity index is 2.14. The normalized spacial score (nSPS) is 23.1. The van der Waals surface area contributed by atoms with Crippen LogP contribution in [0.15, 0.2) is 24.3 Å². The number of nitrogens with zero attached hydrogens (tertiary/aromatic N) is 1. The SMILES string of the molecule is C[C@@H]1CCC[C@H](C)N1Cc1ccccc1C#CCCO. The number of rotatable bonds is 3. The molecule has 1 heterocycles. The average Bonchev–Trinajstić information content (AvgIpc) is 2.45. The van der Waals surface area contributed by atoms with E-state index in [0.717, 1.165) is 12.1 Å². The van der Waals surface area contributed by atoms with E-state index in [-0.39, 0.29) is 6.61 Å². The number of hydrogen-bond donors (Lipinski definition) is 1. The first-order chi connectivity index (χ1) is 9.72. The molecule has 0 unspecified atom stereocenters. The highest BCUT2D eigenvalue weighted by Gasteiger charge is 2.24. The zero-order valence-corrected chi connectivity index (χ0v) is 12.6. The van der Waals surface area contributed by atoms with E-state index >= 15 is 0 Å². The molecule has 0 amide bonds. The fraction of sp³-hybridized carbons (Fsp3) is 0.556. The van der Waals surface area contributed by atoms with Gasteiger partial charge in [0.25, 0.3) is 0 Å². The largest absolute Gasteiger partial charge is 0.395 e. The summed E-state index contributed by atoms with van der Waals surface area (Å²) in [5.74, 6) is 6.23. The molecule has 0 aromatic heterocycles. The zero-order chi connectivity index (χ0) is 14.4. The van der Waals surface area contributed by atoms with Gasteiger partial charge in [-0.05, 0) is 38.3 Å². The van der Waals surface area contributed by atoms with E-state index in [2.05, 4.69) is 48.8 Å². The van der Waals surface area contributed by atoms with Gasteiger partial charge >= 0.3 is 0 Å². The van der Waals surface area contributed by atoms with Gasteiger partial charge in [0.1, 0.15) is 0 Å². The number of hydrogen-bond acceptors (Lipinski definition) is 2. The minimum atomic E-state index is 0.134. The van der Waals surface area contributed by atoms with Gasteiger partial charge in [0, 0.05) is 30.6 Å². The van der Waals surface area contributed by atoms with Crippen molar-refractivity contribution in [1.29, 1.82) is 0 Å². The van der Waals surface area contributed by atoms with Crippen molar-refractivity contribution < 1.29 is 5.11 Å². The van der Waals surface area contributed by atoms with Gasteiger partial charge in [-0.25, -0.2) is 0 Å². The van der Waals surface area contributed by atoms with E-state index in [4.69, 9.17) is 5.11 Å². The second-order valence-corrected chi connectivity index (χ2v) is 5.73. The molecule has 1 aromatic rings. The molecule has 1 aliphatic heterocycles. The van der Waals surface area contributed by atoms with Crippen molar-refractivity contribution in [2.24, 2.45) is 0 Å². The van der Waals surface area contributed by atoms with Gasteiger partial charge in [-0.2, -0.15) is 0 Å². The van der Waals surface area contributed by atoms with Gasteiger partial charge < -0.3 is 5.11 Å². The molecule has 0 aliphatic carbocycles. The molecule has 1 aliphatic rings. The van der Waals surface area contributed by atoms with Gasteiger partial charge in [0.2, 0.25) is 0 Å². The van der Waals surface area contributed by atoms with Crippen LogP contribution in [0.5, 0.6) is 0 Å². The lowest BCUT2D eigenvalue weighted by Crippen LogP contribution is -2.43. The van der Waals surface area contributed by atoms with Gasteiger partial charge in [-0.3, -0.25) is 4.90 Å². The van der Waals surface area contributed by atoms with E-state index in [1.54, 1.807) is 0 Å². The second kappa shape index (κ2) is 7.47. The highest BCUT2D eigenvalue weighted by molar-refractivity contribution is 5.41. The molecular formula is C18H25NO. The first-order valence-electron chi connectivity index (χ1n) is 7.65. The smallest absolute Gasteiger partial charge is 0.0540 e. The Morgan fingerprint density at radius 3 is 2.60 bits per heavy atom. The third-order valence-corrected chi connectivity index (χ3v) is 4.21. The van der Waals surface area contributed by atoms with E-state index in [0.29, 0.717) is 18.5 Å². The van der Waals surface area contributed by atoms with Crippen molar-refractivity contribution in [3.8, 4) is 11.8 Å². The van der Waals surface area contributed by atoms with Crippen molar-refractivity contribution >= 4 is 0 Å². The zero-order valence-electron chi connectivity index (χ0n) is 12.6. The maximum Gasteiger partial charge on any atom is 0.0540 e. The molecule has 20 heavy (non-hydrogen) atoms. The lowest BCUT2D eigenvalue weighted by atomic mass is 9.96. The first-order valence-corrected chi connectivity index (χ1v) is 7.65. The Kier molecular flexibility index (Phi) is 5.64. The van der Waals surface area contributed by atoms with Gasteiger partial charge in [0.15, 0.2) is 0 Å². The summed E-state index contributed by atoms with van der Waals surface area (Å²) in [6, 6.07) is 9.69. The lowest BCUT2D eigenvalue weighted by molar-refractivity contribution is 0.0952. The van der Waals surface area contributed by atoms with Crippen LogP contribution >= 0.6 is 0 Å². The molecule has 0 bridgehead atoms. The number of aliphatic hydroxyl groups is 1. The summed E-state index contributed by atoms with van der Waals surface area (Å²) in [5.41, 5.74) is 2.41. The van der Waals surface area contributed by atoms with Crippen molar-refractivity contribution in [2.75, 3.05) is 6.61 Å². The minimum absolute atomic E-state index is 0.134. The van der Waals surface area contributed by atoms with Crippen LogP contribution in [-0.2, 0) is 6.54 Å². The number of benzene rings is 1. The monoisotopic (exact) mass is 271 g/mol. The van der Waals surface area contributed by atoms with Crippen LogP contribution < -0.4 is 0 Å². The Hall–Kier alpha value is -1.30. The molecular weight excluding hydrogens is 246 g/mol. The van der Waals surface area contributed by atoms with E-state index in [9.17, 15) is 0 Å². The Labute approximate surface area is 122 Å². The van der Waals surface area contributed by atoms with Crippen LogP contribution in [0.3, 0.4) is 0 Å². The lowest BCUT2D eigenvalue weighted by Gasteiger charge is -2.39. The summed E-state index contributed by atoms with van der Waals surface area (Å²) < 4.78 is 0. The molecule has 1 N–H and O–H groups in total. The molecule has 2 nitrogen and oxygen atoms in total. The average molecular weight is 271 g/mol. The maximum atomic E-state index is 8.83. The van der Waals surface area contributed by atoms with E-state index in [1.165, 1.54) is 24.8 Å². The van der Waals surface area contributed by atoms with Crippen LogP contribution in [-0.4, -0.2) is 28.7 Å². The van der Waals surface area contributed by atoms with E-state index in [1.807, 2.05) is 6.07 Å². The quantitative estimate of drug-likeness (QED) is 0.854. The number of piperidine rings is 1. The van der Waals surface area contributed by atoms with Crippen LogP contribution in [0.2, 0.25) is 0 Å². The fourth-order valence-corrected chi connectivity index (χ4v) is 2.98. The summed E-state index contributed by atoms with van der Waals surface area (Å²) in [6.07, 6.45) is 4.48. The summed E-state index contributed by atoms with van der Waals surface area (Å²) in [5, 5.41) is 8.83. The van der Waals surface area contributed by atoms with Crippen molar-refractivity contribution in [1.82, 2.24) is 4.90 Å². The molecule has 1 aromatic carbocycles. The van der Waals surface area contributed by atoms with Crippen molar-refractivity contribution in [3.63, 3.8) is 0 Å². The van der Waals surface area contributed by atoms with Crippen molar-refractivity contribution in [2.45, 2.75) is 58.2 Å². The first kappa shape index (κ1) is 15.1. The van der Waals surface area contributed by atoms with E-state index < -0.39 is 0 Å². The fourth-order valence-electron chi connectivity index (χ4n) is 2.98. The molecule has 1 fully saturated rings. The number of likely N-dealkylation sites (tertiary alicyclic amines) is 1. The Bertz CT molecular complexity index is 476. The molecule has 2 heteroatoms. The van der Waals surface area contributed by atoms with Gasteiger partial charge in [0.05, 0.1) is 6.61 Å². The molecule has 0 saturated carbocycles. The molecule has 2 atom stereocenters. The standard InChI is InChI=1S/C18H25NO/c1-15-8-7-9-16(2)19(15)14-18-12-4-3-10-17(18)11-5-6-13-20/h3-4,10,12,15-16,20H,6-9,13-14H2,1-2H3/t15-,16+. The highest BCUT2D eigenvalue weighted by atomic mass is 16.2. The Morgan fingerprint density at radius 1 is 1.20 bits per heavy atom. The topological polar surface area (TPSA) is 23.5 Å². The van der Waals surface area contributed by atoms with Crippen LogP contribution in [0.4, 0.5) is 0 Å². The summed E-state index contributed by atoms with van der Waals surface area (Å²) in [4.78, 5) is 2.59. The molecule has 0 spiro atoms. The highest BCUT2D eigenvalue weighted by Crippen LogP contribution is 2.25. The predicted molar refractivity (Wildman–Crippen MR) is 83.3 cm³/mol. The predicted octanol–water partition coefficient (Wildman–Crippen LogP) is 3.18. The molecule has 1 saturated heterocycles. The third-order valence-electron chi connectivity index (χ3n) is 4.21. The Morgan fingerprint density at radius 2 is 1.90 bits per heavy atom.